The average molecular weight is 371 g/mol. The second-order valence-corrected chi connectivity index (χ2v) is 6.56. The Labute approximate surface area is 148 Å². The predicted octanol–water partition coefficient (Wildman–Crippen LogP) is 2.17. The maximum absolute atomic E-state index is 13.4. The summed E-state index contributed by atoms with van der Waals surface area (Å²) in [6, 6.07) is 4.52. The van der Waals surface area contributed by atoms with E-state index in [1.807, 2.05) is 6.92 Å². The second kappa shape index (κ2) is 6.79. The molecular formula is C17H20F3N3O3. The van der Waals surface area contributed by atoms with E-state index in [-0.39, 0.29) is 11.4 Å². The Balaban J connectivity index is 1.87. The third-order valence-electron chi connectivity index (χ3n) is 4.60. The van der Waals surface area contributed by atoms with E-state index in [0.29, 0.717) is 13.1 Å². The predicted molar refractivity (Wildman–Crippen MR) is 87.4 cm³/mol. The molecule has 9 heteroatoms. The molecule has 1 amide bonds. The van der Waals surface area contributed by atoms with Crippen molar-refractivity contribution in [1.82, 2.24) is 10.2 Å². The van der Waals surface area contributed by atoms with E-state index in [4.69, 9.17) is 0 Å². The number of hydrogen-bond acceptors (Lipinski definition) is 5. The number of oxime groups is 1. The van der Waals surface area contributed by atoms with Gasteiger partial charge in [-0.1, -0.05) is 22.9 Å². The minimum absolute atomic E-state index is 0.106. The quantitative estimate of drug-likeness (QED) is 0.836. The number of amides is 1. The van der Waals surface area contributed by atoms with Gasteiger partial charge in [0.2, 0.25) is 0 Å². The van der Waals surface area contributed by atoms with Gasteiger partial charge >= 0.3 is 12.0 Å². The molecule has 2 N–H and O–H groups in total. The number of alkyl halides is 3. The number of carbonyl (C=O) groups is 1. The van der Waals surface area contributed by atoms with E-state index in [1.165, 1.54) is 12.1 Å². The minimum Gasteiger partial charge on any atom is -0.355 e. The SMILES string of the molecule is Cc1ccc(C(=O)N[C@@H]2C(N3CCCCC3)=NO[C@@]2(O)C(F)(F)F)cc1. The summed E-state index contributed by atoms with van der Waals surface area (Å²) < 4.78 is 40.3. The van der Waals surface area contributed by atoms with Crippen LogP contribution in [0.4, 0.5) is 13.2 Å². The normalized spacial score (nSPS) is 26.3. The molecule has 0 bridgehead atoms. The number of aliphatic hydroxyl groups is 1. The summed E-state index contributed by atoms with van der Waals surface area (Å²) in [5.74, 6) is -4.45. The highest BCUT2D eigenvalue weighted by Crippen LogP contribution is 2.39. The molecule has 1 aromatic carbocycles. The molecule has 3 rings (SSSR count). The van der Waals surface area contributed by atoms with Crippen LogP contribution in [0.25, 0.3) is 0 Å². The number of rotatable bonds is 2. The third kappa shape index (κ3) is 3.35. The Kier molecular flexibility index (Phi) is 4.83. The van der Waals surface area contributed by atoms with Crippen LogP contribution in [0.3, 0.4) is 0 Å². The number of likely N-dealkylation sites (tertiary alicyclic amines) is 1. The fraction of sp³-hybridized carbons (Fsp3) is 0.529. The van der Waals surface area contributed by atoms with Crippen LogP contribution in [0.5, 0.6) is 0 Å². The van der Waals surface area contributed by atoms with Crippen molar-refractivity contribution in [2.45, 2.75) is 44.2 Å². The maximum atomic E-state index is 13.4. The van der Waals surface area contributed by atoms with Gasteiger partial charge in [-0.3, -0.25) is 4.79 Å². The van der Waals surface area contributed by atoms with Gasteiger partial charge in [0.25, 0.3) is 5.91 Å². The van der Waals surface area contributed by atoms with Gasteiger partial charge in [0, 0.05) is 18.7 Å². The molecule has 0 radical (unpaired) electrons. The lowest BCUT2D eigenvalue weighted by Crippen LogP contribution is -2.64. The largest absolute Gasteiger partial charge is 0.460 e. The molecule has 142 valence electrons. The summed E-state index contributed by atoms with van der Waals surface area (Å²) in [5, 5.41) is 15.9. The third-order valence-corrected chi connectivity index (χ3v) is 4.60. The van der Waals surface area contributed by atoms with E-state index in [2.05, 4.69) is 15.3 Å². The Bertz CT molecular complexity index is 699. The number of nitrogens with zero attached hydrogens (tertiary/aromatic N) is 2. The first-order valence-electron chi connectivity index (χ1n) is 8.40. The number of carbonyl (C=O) groups excluding carboxylic acids is 1. The molecule has 0 unspecified atom stereocenters. The monoisotopic (exact) mass is 371 g/mol. The molecule has 2 aliphatic rings. The van der Waals surface area contributed by atoms with Gasteiger partial charge in [0.1, 0.15) is 0 Å². The first kappa shape index (κ1) is 18.5. The smallest absolute Gasteiger partial charge is 0.355 e. The van der Waals surface area contributed by atoms with Crippen LogP contribution >= 0.6 is 0 Å². The number of amidine groups is 1. The number of benzene rings is 1. The Morgan fingerprint density at radius 1 is 1.27 bits per heavy atom. The first-order chi connectivity index (χ1) is 12.2. The molecular weight excluding hydrogens is 351 g/mol. The maximum Gasteiger partial charge on any atom is 0.460 e. The van der Waals surface area contributed by atoms with E-state index < -0.39 is 23.9 Å². The van der Waals surface area contributed by atoms with Crippen LogP contribution in [-0.4, -0.2) is 52.8 Å². The lowest BCUT2D eigenvalue weighted by molar-refractivity contribution is -0.361. The van der Waals surface area contributed by atoms with Gasteiger partial charge in [-0.25, -0.2) is 0 Å². The van der Waals surface area contributed by atoms with Crippen molar-refractivity contribution in [3.8, 4) is 0 Å². The molecule has 0 saturated carbocycles. The van der Waals surface area contributed by atoms with Crippen molar-refractivity contribution in [2.24, 2.45) is 5.16 Å². The highest BCUT2D eigenvalue weighted by atomic mass is 19.4. The average Bonchev–Trinajstić information content (AvgIpc) is 2.94. The Morgan fingerprint density at radius 2 is 1.88 bits per heavy atom. The summed E-state index contributed by atoms with van der Waals surface area (Å²) in [4.78, 5) is 18.5. The van der Waals surface area contributed by atoms with E-state index in [1.54, 1.807) is 17.0 Å². The Hall–Kier alpha value is -2.29. The van der Waals surface area contributed by atoms with Crippen LogP contribution in [-0.2, 0) is 4.84 Å². The number of nitrogens with one attached hydrogen (secondary N) is 1. The van der Waals surface area contributed by atoms with Crippen molar-refractivity contribution in [2.75, 3.05) is 13.1 Å². The van der Waals surface area contributed by atoms with Gasteiger partial charge in [-0.15, -0.1) is 0 Å². The van der Waals surface area contributed by atoms with Crippen molar-refractivity contribution < 1.29 is 27.9 Å². The lowest BCUT2D eigenvalue weighted by Gasteiger charge is -2.34. The summed E-state index contributed by atoms with van der Waals surface area (Å²) >= 11 is 0. The zero-order chi connectivity index (χ0) is 18.9. The summed E-state index contributed by atoms with van der Waals surface area (Å²) in [7, 11) is 0. The number of hydrogen-bond donors (Lipinski definition) is 2. The second-order valence-electron chi connectivity index (χ2n) is 6.56. The molecule has 2 heterocycles. The van der Waals surface area contributed by atoms with Gasteiger partial charge in [-0.05, 0) is 38.3 Å². The van der Waals surface area contributed by atoms with E-state index in [0.717, 1.165) is 24.8 Å². The molecule has 1 saturated heterocycles. The summed E-state index contributed by atoms with van der Waals surface area (Å²) in [6.07, 6.45) is -2.57. The van der Waals surface area contributed by atoms with Crippen molar-refractivity contribution in [3.05, 3.63) is 35.4 Å². The van der Waals surface area contributed by atoms with Crippen LogP contribution in [0, 0.1) is 6.92 Å². The van der Waals surface area contributed by atoms with Gasteiger partial charge in [-0.2, -0.15) is 13.2 Å². The molecule has 1 aromatic rings. The zero-order valence-electron chi connectivity index (χ0n) is 14.2. The molecule has 0 aromatic heterocycles. The van der Waals surface area contributed by atoms with Gasteiger partial charge in [0.05, 0.1) is 0 Å². The molecule has 6 nitrogen and oxygen atoms in total. The van der Waals surface area contributed by atoms with E-state index >= 15 is 0 Å². The molecule has 2 aliphatic heterocycles. The fourth-order valence-corrected chi connectivity index (χ4v) is 3.06. The number of aryl methyl sites for hydroxylation is 1. The molecule has 1 fully saturated rings. The van der Waals surface area contributed by atoms with E-state index in [9.17, 15) is 23.1 Å². The van der Waals surface area contributed by atoms with Crippen LogP contribution in [0.1, 0.15) is 35.2 Å². The lowest BCUT2D eigenvalue weighted by atomic mass is 10.0. The molecule has 2 atom stereocenters. The van der Waals surface area contributed by atoms with Crippen molar-refractivity contribution in [1.29, 1.82) is 0 Å². The number of piperidine rings is 1. The van der Waals surface area contributed by atoms with Crippen LogP contribution < -0.4 is 5.32 Å². The molecule has 0 spiro atoms. The highest BCUT2D eigenvalue weighted by Gasteiger charge is 2.68. The molecule has 26 heavy (non-hydrogen) atoms. The van der Waals surface area contributed by atoms with Crippen molar-refractivity contribution in [3.63, 3.8) is 0 Å². The van der Waals surface area contributed by atoms with Gasteiger partial charge < -0.3 is 20.2 Å². The minimum atomic E-state index is -5.13. The van der Waals surface area contributed by atoms with Crippen LogP contribution in [0.15, 0.2) is 29.4 Å². The summed E-state index contributed by atoms with van der Waals surface area (Å²) in [5.41, 5.74) is 1.10. The first-order valence-corrected chi connectivity index (χ1v) is 8.40. The van der Waals surface area contributed by atoms with Crippen LogP contribution in [0.2, 0.25) is 0 Å². The highest BCUT2D eigenvalue weighted by molar-refractivity contribution is 5.99. The topological polar surface area (TPSA) is 74.2 Å². The fourth-order valence-electron chi connectivity index (χ4n) is 3.06. The van der Waals surface area contributed by atoms with Crippen molar-refractivity contribution >= 4 is 11.7 Å². The summed E-state index contributed by atoms with van der Waals surface area (Å²) in [6.45, 7) is 2.82. The standard InChI is InChI=1S/C17H20F3N3O3/c1-11-5-7-12(8-6-11)15(24)21-13-14(23-9-3-2-4-10-23)22-26-16(13,25)17(18,19)20/h5-8,13,25H,2-4,9-10H2,1H3,(H,21,24)/t13-,16-/m1/s1. The zero-order valence-corrected chi connectivity index (χ0v) is 14.2. The molecule has 0 aliphatic carbocycles. The van der Waals surface area contributed by atoms with Gasteiger partial charge in [0.15, 0.2) is 11.9 Å². The number of halogens is 3. The Morgan fingerprint density at radius 3 is 2.46 bits per heavy atom.